The number of nitrogens with zero attached hydrogens (tertiary/aromatic N) is 2. The molecule has 1 unspecified atom stereocenters. The number of aliphatic carboxylic acids is 1. The average molecular weight is 488 g/mol. The van der Waals surface area contributed by atoms with Gasteiger partial charge in [-0.2, -0.15) is 0 Å². The van der Waals surface area contributed by atoms with E-state index in [2.05, 4.69) is 29.1 Å². The number of carbonyl (C=O) groups excluding carboxylic acids is 1. The summed E-state index contributed by atoms with van der Waals surface area (Å²) in [6.07, 6.45) is 10.5. The van der Waals surface area contributed by atoms with E-state index in [0.29, 0.717) is 18.1 Å². The molecular formula is C29H33N3O4. The minimum atomic E-state index is -0.934. The van der Waals surface area contributed by atoms with Gasteiger partial charge in [0.1, 0.15) is 11.8 Å². The smallest absolute Gasteiger partial charge is 0.326 e. The zero-order valence-corrected chi connectivity index (χ0v) is 21.0. The molecular weight excluding hydrogens is 454 g/mol. The predicted octanol–water partition coefficient (Wildman–Crippen LogP) is 6.01. The van der Waals surface area contributed by atoms with Crippen LogP contribution in [0.5, 0.6) is 11.6 Å². The highest BCUT2D eigenvalue weighted by atomic mass is 16.5. The summed E-state index contributed by atoms with van der Waals surface area (Å²) in [5.41, 5.74) is 1.07. The summed E-state index contributed by atoms with van der Waals surface area (Å²) in [4.78, 5) is 33.5. The number of fused-ring (bicyclic) bond motifs is 1. The molecule has 0 amide bonds. The second-order valence-electron chi connectivity index (χ2n) is 9.36. The number of hydrogen-bond acceptors (Lipinski definition) is 6. The minimum absolute atomic E-state index is 0.102. The molecule has 0 aliphatic heterocycles. The zero-order chi connectivity index (χ0) is 25.7. The lowest BCUT2D eigenvalue weighted by Gasteiger charge is -2.43. The Hall–Kier alpha value is -3.74. The third-order valence-electron chi connectivity index (χ3n) is 7.09. The fourth-order valence-corrected chi connectivity index (χ4v) is 5.26. The van der Waals surface area contributed by atoms with Crippen LogP contribution in [0.2, 0.25) is 0 Å². The van der Waals surface area contributed by atoms with Crippen molar-refractivity contribution in [3.63, 3.8) is 0 Å². The van der Waals surface area contributed by atoms with E-state index in [1.54, 1.807) is 24.7 Å². The molecule has 4 rings (SSSR count). The number of carboxylic acids is 1. The van der Waals surface area contributed by atoms with E-state index in [1.807, 2.05) is 43.3 Å². The number of carbonyl (C=O) groups is 2. The molecule has 36 heavy (non-hydrogen) atoms. The first-order valence-corrected chi connectivity index (χ1v) is 12.7. The molecule has 0 fully saturated rings. The Balaban J connectivity index is 1.55. The quantitative estimate of drug-likeness (QED) is 0.322. The molecule has 2 heterocycles. The van der Waals surface area contributed by atoms with Gasteiger partial charge in [-0.05, 0) is 54.5 Å². The Morgan fingerprint density at radius 1 is 1.06 bits per heavy atom. The van der Waals surface area contributed by atoms with Crippen LogP contribution < -0.4 is 10.1 Å². The molecule has 1 aliphatic carbocycles. The van der Waals surface area contributed by atoms with E-state index in [-0.39, 0.29) is 11.7 Å². The Bertz CT molecular complexity index is 1260. The highest BCUT2D eigenvalue weighted by Gasteiger charge is 2.48. The molecule has 0 spiro atoms. The molecule has 2 atom stereocenters. The van der Waals surface area contributed by atoms with Gasteiger partial charge in [0.25, 0.3) is 0 Å². The number of aromatic nitrogens is 2. The molecule has 0 radical (unpaired) electrons. The molecule has 0 saturated carbocycles. The van der Waals surface area contributed by atoms with Crippen molar-refractivity contribution >= 4 is 22.5 Å². The van der Waals surface area contributed by atoms with Crippen molar-refractivity contribution in [2.24, 2.45) is 5.41 Å². The Kier molecular flexibility index (Phi) is 7.67. The first-order chi connectivity index (χ1) is 17.4. The van der Waals surface area contributed by atoms with Crippen LogP contribution in [-0.4, -0.2) is 32.9 Å². The molecule has 7 heteroatoms. The lowest BCUT2D eigenvalue weighted by atomic mass is 9.65. The van der Waals surface area contributed by atoms with Gasteiger partial charge in [-0.25, -0.2) is 9.78 Å². The summed E-state index contributed by atoms with van der Waals surface area (Å²) in [5, 5.41) is 15.2. The number of rotatable bonds is 12. The van der Waals surface area contributed by atoms with Gasteiger partial charge in [-0.3, -0.25) is 9.78 Å². The summed E-state index contributed by atoms with van der Waals surface area (Å²) in [6.45, 7) is 6.08. The van der Waals surface area contributed by atoms with Crippen LogP contribution in [0, 0.1) is 5.41 Å². The number of benzene rings is 1. The van der Waals surface area contributed by atoms with Crippen LogP contribution in [0.4, 0.5) is 0 Å². The van der Waals surface area contributed by atoms with Crippen LogP contribution in [0.3, 0.4) is 0 Å². The van der Waals surface area contributed by atoms with Gasteiger partial charge < -0.3 is 15.2 Å². The van der Waals surface area contributed by atoms with Gasteiger partial charge in [0.15, 0.2) is 5.78 Å². The van der Waals surface area contributed by atoms with E-state index in [0.717, 1.165) is 47.7 Å². The Morgan fingerprint density at radius 2 is 1.75 bits per heavy atom. The normalized spacial score (nSPS) is 16.1. The molecule has 2 N–H and O–H groups in total. The number of hydrogen-bond donors (Lipinski definition) is 2. The predicted molar refractivity (Wildman–Crippen MR) is 139 cm³/mol. The maximum absolute atomic E-state index is 12.6. The van der Waals surface area contributed by atoms with Crippen molar-refractivity contribution < 1.29 is 19.4 Å². The van der Waals surface area contributed by atoms with E-state index < -0.39 is 17.4 Å². The van der Waals surface area contributed by atoms with E-state index in [4.69, 9.17) is 4.74 Å². The van der Waals surface area contributed by atoms with Crippen molar-refractivity contribution in [2.75, 3.05) is 0 Å². The number of carboxylic acid groups (broad SMARTS) is 1. The largest absolute Gasteiger partial charge is 0.480 e. The summed E-state index contributed by atoms with van der Waals surface area (Å²) in [7, 11) is 0. The molecule has 1 aliphatic rings. The molecule has 2 aromatic heterocycles. The minimum Gasteiger partial charge on any atom is -0.480 e. The van der Waals surface area contributed by atoms with Crippen LogP contribution in [0.25, 0.3) is 10.8 Å². The average Bonchev–Trinajstić information content (AvgIpc) is 2.88. The first kappa shape index (κ1) is 25.4. The van der Waals surface area contributed by atoms with Crippen LogP contribution in [-0.2, 0) is 9.59 Å². The van der Waals surface area contributed by atoms with Gasteiger partial charge in [0, 0.05) is 36.3 Å². The number of ketones is 1. The maximum atomic E-state index is 12.6. The molecule has 0 saturated heterocycles. The second-order valence-corrected chi connectivity index (χ2v) is 9.36. The lowest BCUT2D eigenvalue weighted by Crippen LogP contribution is -2.52. The van der Waals surface area contributed by atoms with Crippen molar-refractivity contribution in [1.29, 1.82) is 0 Å². The topological polar surface area (TPSA) is 101 Å². The molecule has 188 valence electrons. The summed E-state index contributed by atoms with van der Waals surface area (Å²) < 4.78 is 6.02. The van der Waals surface area contributed by atoms with Crippen molar-refractivity contribution in [3.8, 4) is 11.6 Å². The van der Waals surface area contributed by atoms with Crippen LogP contribution in [0.1, 0.15) is 64.4 Å². The van der Waals surface area contributed by atoms with Gasteiger partial charge in [0.05, 0.1) is 10.8 Å². The first-order valence-electron chi connectivity index (χ1n) is 12.7. The molecule has 3 aromatic rings. The summed E-state index contributed by atoms with van der Waals surface area (Å²) in [5.74, 6) is -0.0415. The van der Waals surface area contributed by atoms with Gasteiger partial charge in [-0.15, -0.1) is 0 Å². The fraction of sp³-hybridized carbons (Fsp3) is 0.379. The highest BCUT2D eigenvalue weighted by molar-refractivity contribution is 6.05. The van der Waals surface area contributed by atoms with E-state index in [1.165, 1.54) is 0 Å². The number of allylic oxidation sites excluding steroid dienone is 2. The number of nitrogens with one attached hydrogen (secondary N) is 1. The Morgan fingerprint density at radius 3 is 2.36 bits per heavy atom. The molecule has 0 bridgehead atoms. The Labute approximate surface area is 211 Å². The fourth-order valence-electron chi connectivity index (χ4n) is 5.26. The SMILES string of the molecule is CCCC1(CCC)C(=O)C=C1N[C@H](C(=O)O)C(CC)c1ccc(Oc2nccc3ccncc23)cc1. The lowest BCUT2D eigenvalue weighted by molar-refractivity contribution is -0.140. The maximum Gasteiger partial charge on any atom is 0.326 e. The van der Waals surface area contributed by atoms with Gasteiger partial charge in [-0.1, -0.05) is 45.7 Å². The number of pyridine rings is 2. The zero-order valence-electron chi connectivity index (χ0n) is 21.0. The summed E-state index contributed by atoms with van der Waals surface area (Å²) in [6, 6.07) is 10.4. The molecule has 1 aromatic carbocycles. The van der Waals surface area contributed by atoms with Crippen LogP contribution in [0.15, 0.2) is 66.8 Å². The van der Waals surface area contributed by atoms with Crippen LogP contribution >= 0.6 is 0 Å². The highest BCUT2D eigenvalue weighted by Crippen LogP contribution is 2.45. The third kappa shape index (κ3) is 4.83. The number of ether oxygens (including phenoxy) is 1. The van der Waals surface area contributed by atoms with Crippen molar-refractivity contribution in [2.45, 2.75) is 64.8 Å². The van der Waals surface area contributed by atoms with Crippen molar-refractivity contribution in [1.82, 2.24) is 15.3 Å². The third-order valence-corrected chi connectivity index (χ3v) is 7.09. The van der Waals surface area contributed by atoms with E-state index >= 15 is 0 Å². The van der Waals surface area contributed by atoms with E-state index in [9.17, 15) is 14.7 Å². The van der Waals surface area contributed by atoms with Crippen molar-refractivity contribution in [3.05, 3.63) is 72.3 Å². The molecule has 7 nitrogen and oxygen atoms in total. The van der Waals surface area contributed by atoms with Gasteiger partial charge in [0.2, 0.25) is 5.88 Å². The summed E-state index contributed by atoms with van der Waals surface area (Å²) >= 11 is 0. The second kappa shape index (κ2) is 10.9. The monoisotopic (exact) mass is 487 g/mol. The standard InChI is InChI=1S/C29H33N3O4/c1-4-13-29(14-5-2)24(17-25(29)33)32-26(28(34)35)22(6-3)19-7-9-21(10-8-19)36-27-23-18-30-15-11-20(23)12-16-31-27/h7-12,15-18,22,26,32H,4-6,13-14H2,1-3H3,(H,34,35)/t22?,26-/m0/s1. The van der Waals surface area contributed by atoms with Gasteiger partial charge >= 0.3 is 5.97 Å².